The maximum atomic E-state index is 14.7. The van der Waals surface area contributed by atoms with Crippen LogP contribution < -0.4 is 0 Å². The van der Waals surface area contributed by atoms with Crippen LogP contribution in [0, 0.1) is 5.95 Å². The Labute approximate surface area is 218 Å². The minimum atomic E-state index is -0.839. The molecule has 36 heavy (non-hydrogen) atoms. The molecule has 0 fully saturated rings. The number of aliphatic hydroxyl groups is 1. The van der Waals surface area contributed by atoms with E-state index in [4.69, 9.17) is 0 Å². The van der Waals surface area contributed by atoms with Crippen molar-refractivity contribution in [1.29, 1.82) is 0 Å². The van der Waals surface area contributed by atoms with Gasteiger partial charge < -0.3 is 5.11 Å². The molecule has 0 bridgehead atoms. The third-order valence-electron chi connectivity index (χ3n) is 7.16. The Morgan fingerprint density at radius 2 is 1.19 bits per heavy atom. The first-order chi connectivity index (χ1) is 17.6. The average Bonchev–Trinajstić information content (AvgIpc) is 2.91. The van der Waals surface area contributed by atoms with Gasteiger partial charge in [-0.3, -0.25) is 0 Å². The number of hydrogen-bond acceptors (Lipinski definition) is 2. The molecule has 0 saturated carbocycles. The van der Waals surface area contributed by atoms with E-state index in [0.29, 0.717) is 12.0 Å². The second kappa shape index (κ2) is 15.6. The highest BCUT2D eigenvalue weighted by Crippen LogP contribution is 2.33. The molecule has 194 valence electrons. The molecule has 2 nitrogen and oxygen atoms in total. The number of rotatable bonds is 16. The van der Waals surface area contributed by atoms with Crippen LogP contribution >= 0.6 is 0 Å². The van der Waals surface area contributed by atoms with E-state index >= 15 is 0 Å². The predicted molar refractivity (Wildman–Crippen MR) is 150 cm³/mol. The molecule has 1 heterocycles. The molecule has 0 aliphatic carbocycles. The lowest BCUT2D eigenvalue weighted by Crippen LogP contribution is -2.05. The SMILES string of the molecule is CCCCCCCCC(O)c1c(-c2ccc(-c3ccc(CCCCCCC)cc3)cc2)ccnc1F. The van der Waals surface area contributed by atoms with E-state index in [1.54, 1.807) is 0 Å². The number of nitrogens with zero attached hydrogens (tertiary/aromatic N) is 1. The normalized spacial score (nSPS) is 12.1. The number of unbranched alkanes of at least 4 members (excludes halogenated alkanes) is 9. The molecular weight excluding hydrogens is 445 g/mol. The van der Waals surface area contributed by atoms with Crippen molar-refractivity contribution in [3.63, 3.8) is 0 Å². The van der Waals surface area contributed by atoms with Gasteiger partial charge in [-0.1, -0.05) is 127 Å². The Bertz CT molecular complexity index is 1010. The Kier molecular flexibility index (Phi) is 12.1. The fourth-order valence-corrected chi connectivity index (χ4v) is 4.92. The van der Waals surface area contributed by atoms with Crippen LogP contribution in [0.5, 0.6) is 0 Å². The van der Waals surface area contributed by atoms with Gasteiger partial charge in [0.15, 0.2) is 0 Å². The molecule has 1 N–H and O–H groups in total. The van der Waals surface area contributed by atoms with Gasteiger partial charge in [-0.05, 0) is 53.1 Å². The van der Waals surface area contributed by atoms with Crippen molar-refractivity contribution in [2.45, 2.75) is 103 Å². The molecule has 0 aliphatic heterocycles. The second-order valence-electron chi connectivity index (χ2n) is 10.1. The lowest BCUT2D eigenvalue weighted by Gasteiger charge is -2.16. The molecule has 0 radical (unpaired) electrons. The lowest BCUT2D eigenvalue weighted by molar-refractivity contribution is 0.158. The van der Waals surface area contributed by atoms with Gasteiger partial charge in [0, 0.05) is 11.8 Å². The molecule has 1 atom stereocenters. The Hall–Kier alpha value is -2.52. The summed E-state index contributed by atoms with van der Waals surface area (Å²) in [5, 5.41) is 10.8. The molecule has 0 aliphatic rings. The van der Waals surface area contributed by atoms with E-state index in [9.17, 15) is 9.50 Å². The largest absolute Gasteiger partial charge is 0.388 e. The van der Waals surface area contributed by atoms with Crippen LogP contribution in [0.25, 0.3) is 22.3 Å². The van der Waals surface area contributed by atoms with E-state index < -0.39 is 12.1 Å². The predicted octanol–water partition coefficient (Wildman–Crippen LogP) is 9.85. The number of aliphatic hydroxyl groups excluding tert-OH is 1. The van der Waals surface area contributed by atoms with Crippen LogP contribution in [-0.4, -0.2) is 10.1 Å². The fourth-order valence-electron chi connectivity index (χ4n) is 4.92. The molecule has 3 heteroatoms. The molecule has 0 saturated heterocycles. The van der Waals surface area contributed by atoms with E-state index in [1.807, 2.05) is 18.2 Å². The van der Waals surface area contributed by atoms with Gasteiger partial charge in [0.25, 0.3) is 0 Å². The lowest BCUT2D eigenvalue weighted by atomic mass is 9.93. The van der Waals surface area contributed by atoms with Crippen molar-refractivity contribution < 1.29 is 9.50 Å². The summed E-state index contributed by atoms with van der Waals surface area (Å²) in [7, 11) is 0. The van der Waals surface area contributed by atoms with Crippen LogP contribution in [0.2, 0.25) is 0 Å². The van der Waals surface area contributed by atoms with Crippen molar-refractivity contribution in [3.05, 3.63) is 77.9 Å². The highest BCUT2D eigenvalue weighted by atomic mass is 19.1. The average molecular weight is 490 g/mol. The number of benzene rings is 2. The molecular formula is C33H44FNO. The summed E-state index contributed by atoms with van der Waals surface area (Å²) in [5.41, 5.74) is 5.66. The molecule has 0 amide bonds. The van der Waals surface area contributed by atoms with Gasteiger partial charge in [-0.25, -0.2) is 4.98 Å². The zero-order valence-corrected chi connectivity index (χ0v) is 22.3. The van der Waals surface area contributed by atoms with Gasteiger partial charge in [-0.2, -0.15) is 4.39 Å². The summed E-state index contributed by atoms with van der Waals surface area (Å²) >= 11 is 0. The van der Waals surface area contributed by atoms with Crippen molar-refractivity contribution in [3.8, 4) is 22.3 Å². The molecule has 1 aromatic heterocycles. The van der Waals surface area contributed by atoms with Gasteiger partial charge in [0.1, 0.15) is 0 Å². The number of aromatic nitrogens is 1. The number of halogens is 1. The Balaban J connectivity index is 1.63. The van der Waals surface area contributed by atoms with Crippen molar-refractivity contribution >= 4 is 0 Å². The van der Waals surface area contributed by atoms with Crippen molar-refractivity contribution in [2.24, 2.45) is 0 Å². The smallest absolute Gasteiger partial charge is 0.219 e. The van der Waals surface area contributed by atoms with Gasteiger partial charge in [0.2, 0.25) is 5.95 Å². The first-order valence-corrected chi connectivity index (χ1v) is 14.2. The topological polar surface area (TPSA) is 33.1 Å². The number of hydrogen-bond donors (Lipinski definition) is 1. The van der Waals surface area contributed by atoms with Crippen LogP contribution in [0.3, 0.4) is 0 Å². The van der Waals surface area contributed by atoms with Crippen LogP contribution in [0.1, 0.15) is 108 Å². The third-order valence-corrected chi connectivity index (χ3v) is 7.16. The highest BCUT2D eigenvalue weighted by Gasteiger charge is 2.19. The van der Waals surface area contributed by atoms with E-state index in [0.717, 1.165) is 36.0 Å². The standard InChI is InChI=1S/C33H44FNO/c1-3-5-7-9-11-13-15-31(36)32-30(24-25-35-33(32)34)29-22-20-28(21-23-29)27-18-16-26(17-19-27)14-12-10-8-6-4-2/h16-25,31,36H,3-15H2,1-2H3. The van der Waals surface area contributed by atoms with E-state index in [2.05, 4.69) is 55.2 Å². The third kappa shape index (κ3) is 8.55. The monoisotopic (exact) mass is 489 g/mol. The van der Waals surface area contributed by atoms with Gasteiger partial charge >= 0.3 is 0 Å². The van der Waals surface area contributed by atoms with Gasteiger partial charge in [-0.15, -0.1) is 0 Å². The number of aryl methyl sites for hydroxylation is 1. The van der Waals surface area contributed by atoms with Crippen LogP contribution in [0.15, 0.2) is 60.8 Å². The summed E-state index contributed by atoms with van der Waals surface area (Å²) in [4.78, 5) is 3.84. The van der Waals surface area contributed by atoms with E-state index in [1.165, 1.54) is 75.1 Å². The molecule has 3 aromatic rings. The number of pyridine rings is 1. The van der Waals surface area contributed by atoms with Crippen LogP contribution in [-0.2, 0) is 6.42 Å². The molecule has 2 aromatic carbocycles. The zero-order valence-electron chi connectivity index (χ0n) is 22.3. The van der Waals surface area contributed by atoms with E-state index in [-0.39, 0.29) is 0 Å². The maximum Gasteiger partial charge on any atom is 0.219 e. The minimum Gasteiger partial charge on any atom is -0.388 e. The quantitative estimate of drug-likeness (QED) is 0.160. The summed E-state index contributed by atoms with van der Waals surface area (Å²) < 4.78 is 14.7. The summed E-state index contributed by atoms with van der Waals surface area (Å²) in [6.07, 6.45) is 15.7. The summed E-state index contributed by atoms with van der Waals surface area (Å²) in [5.74, 6) is -0.569. The summed E-state index contributed by atoms with van der Waals surface area (Å²) in [6, 6.07) is 18.9. The van der Waals surface area contributed by atoms with Crippen molar-refractivity contribution in [2.75, 3.05) is 0 Å². The van der Waals surface area contributed by atoms with Gasteiger partial charge in [0.05, 0.1) is 6.10 Å². The first-order valence-electron chi connectivity index (χ1n) is 14.2. The molecule has 3 rings (SSSR count). The molecule has 0 spiro atoms. The molecule has 1 unspecified atom stereocenters. The Morgan fingerprint density at radius 3 is 1.83 bits per heavy atom. The second-order valence-corrected chi connectivity index (χ2v) is 10.1. The maximum absolute atomic E-state index is 14.7. The fraction of sp³-hybridized carbons (Fsp3) is 0.485. The van der Waals surface area contributed by atoms with Crippen LogP contribution in [0.4, 0.5) is 4.39 Å². The Morgan fingerprint density at radius 1 is 0.667 bits per heavy atom. The highest BCUT2D eigenvalue weighted by molar-refractivity contribution is 5.72. The first kappa shape index (κ1) is 28.1. The minimum absolute atomic E-state index is 0.321. The van der Waals surface area contributed by atoms with Crippen molar-refractivity contribution in [1.82, 2.24) is 4.98 Å². The zero-order chi connectivity index (χ0) is 25.6. The summed E-state index contributed by atoms with van der Waals surface area (Å²) in [6.45, 7) is 4.45.